The van der Waals surface area contributed by atoms with Crippen LogP contribution in [0.5, 0.6) is 0 Å². The predicted molar refractivity (Wildman–Crippen MR) is 67.1 cm³/mol. The number of aromatic amines is 1. The summed E-state index contributed by atoms with van der Waals surface area (Å²) in [7, 11) is 0. The molecule has 90 valence electrons. The van der Waals surface area contributed by atoms with E-state index in [2.05, 4.69) is 10.2 Å². The van der Waals surface area contributed by atoms with Gasteiger partial charge in [-0.25, -0.2) is 4.39 Å². The van der Waals surface area contributed by atoms with Gasteiger partial charge in [0.2, 0.25) is 0 Å². The Morgan fingerprint density at radius 3 is 2.65 bits per heavy atom. The second-order valence-electron chi connectivity index (χ2n) is 4.13. The SMILES string of the molecule is Cc1ccc(C(C)n2c(C)n[nH]c2=S)cc1F. The van der Waals surface area contributed by atoms with Gasteiger partial charge in [0.15, 0.2) is 4.77 Å². The molecular weight excluding hydrogens is 237 g/mol. The van der Waals surface area contributed by atoms with Crippen LogP contribution in [0, 0.1) is 24.4 Å². The molecule has 5 heteroatoms. The normalized spacial score (nSPS) is 12.7. The molecule has 0 spiro atoms. The topological polar surface area (TPSA) is 33.6 Å². The van der Waals surface area contributed by atoms with E-state index in [0.29, 0.717) is 10.3 Å². The number of hydrogen-bond acceptors (Lipinski definition) is 2. The van der Waals surface area contributed by atoms with Crippen LogP contribution in [-0.2, 0) is 0 Å². The second-order valence-corrected chi connectivity index (χ2v) is 4.52. The van der Waals surface area contributed by atoms with Crippen LogP contribution >= 0.6 is 12.2 Å². The maximum absolute atomic E-state index is 13.5. The van der Waals surface area contributed by atoms with Crippen LogP contribution in [0.25, 0.3) is 0 Å². The van der Waals surface area contributed by atoms with Crippen LogP contribution in [0.4, 0.5) is 4.39 Å². The highest BCUT2D eigenvalue weighted by Crippen LogP contribution is 2.21. The van der Waals surface area contributed by atoms with Gasteiger partial charge >= 0.3 is 0 Å². The lowest BCUT2D eigenvalue weighted by Crippen LogP contribution is -2.09. The number of nitrogens with zero attached hydrogens (tertiary/aromatic N) is 2. The van der Waals surface area contributed by atoms with E-state index in [0.717, 1.165) is 11.4 Å². The van der Waals surface area contributed by atoms with Crippen molar-refractivity contribution in [3.05, 3.63) is 45.7 Å². The van der Waals surface area contributed by atoms with E-state index in [1.165, 1.54) is 0 Å². The summed E-state index contributed by atoms with van der Waals surface area (Å²) in [5, 5.41) is 6.79. The molecule has 2 rings (SSSR count). The van der Waals surface area contributed by atoms with Crippen molar-refractivity contribution in [3.63, 3.8) is 0 Å². The first-order chi connectivity index (χ1) is 8.00. The zero-order chi connectivity index (χ0) is 12.6. The average molecular weight is 251 g/mol. The molecule has 0 saturated heterocycles. The number of H-pyrrole nitrogens is 1. The Hall–Kier alpha value is -1.49. The zero-order valence-corrected chi connectivity index (χ0v) is 10.8. The molecule has 1 heterocycles. The monoisotopic (exact) mass is 251 g/mol. The number of aryl methyl sites for hydroxylation is 2. The Morgan fingerprint density at radius 1 is 1.41 bits per heavy atom. The Kier molecular flexibility index (Phi) is 3.11. The second kappa shape index (κ2) is 4.41. The molecule has 3 nitrogen and oxygen atoms in total. The Bertz CT molecular complexity index is 600. The summed E-state index contributed by atoms with van der Waals surface area (Å²) in [5.74, 6) is 0.602. The molecule has 1 aromatic carbocycles. The van der Waals surface area contributed by atoms with Gasteiger partial charge in [0.25, 0.3) is 0 Å². The van der Waals surface area contributed by atoms with E-state index >= 15 is 0 Å². The molecule has 2 aromatic rings. The van der Waals surface area contributed by atoms with Crippen molar-refractivity contribution in [2.45, 2.75) is 26.8 Å². The Labute approximate surface area is 104 Å². The van der Waals surface area contributed by atoms with Crippen molar-refractivity contribution >= 4 is 12.2 Å². The van der Waals surface area contributed by atoms with Gasteiger partial charge < -0.3 is 0 Å². The van der Waals surface area contributed by atoms with E-state index in [1.54, 1.807) is 19.1 Å². The van der Waals surface area contributed by atoms with Crippen molar-refractivity contribution in [1.29, 1.82) is 0 Å². The van der Waals surface area contributed by atoms with Gasteiger partial charge in [-0.1, -0.05) is 12.1 Å². The van der Waals surface area contributed by atoms with E-state index < -0.39 is 0 Å². The van der Waals surface area contributed by atoms with Crippen LogP contribution in [-0.4, -0.2) is 14.8 Å². The number of hydrogen-bond donors (Lipinski definition) is 1. The highest BCUT2D eigenvalue weighted by Gasteiger charge is 2.13. The standard InChI is InChI=1S/C12H14FN3S/c1-7-4-5-10(6-11(7)13)8(2)16-9(3)14-15-12(16)17/h4-6,8H,1-3H3,(H,15,17). The molecule has 1 N–H and O–H groups in total. The lowest BCUT2D eigenvalue weighted by atomic mass is 10.1. The summed E-state index contributed by atoms with van der Waals surface area (Å²) in [6, 6.07) is 5.21. The predicted octanol–water partition coefficient (Wildman–Crippen LogP) is 3.31. The van der Waals surface area contributed by atoms with E-state index in [4.69, 9.17) is 12.2 Å². The largest absolute Gasteiger partial charge is 0.297 e. The molecule has 0 aliphatic heterocycles. The van der Waals surface area contributed by atoms with Gasteiger partial charge in [0.1, 0.15) is 11.6 Å². The molecule has 1 aromatic heterocycles. The zero-order valence-electron chi connectivity index (χ0n) is 9.99. The van der Waals surface area contributed by atoms with E-state index in [9.17, 15) is 4.39 Å². The third-order valence-corrected chi connectivity index (χ3v) is 3.23. The van der Waals surface area contributed by atoms with Crippen LogP contribution in [0.2, 0.25) is 0 Å². The summed E-state index contributed by atoms with van der Waals surface area (Å²) in [6.45, 7) is 5.59. The fourth-order valence-electron chi connectivity index (χ4n) is 1.86. The van der Waals surface area contributed by atoms with Gasteiger partial charge in [0.05, 0.1) is 6.04 Å². The van der Waals surface area contributed by atoms with Gasteiger partial charge in [-0.15, -0.1) is 0 Å². The first-order valence-corrected chi connectivity index (χ1v) is 5.81. The molecule has 0 bridgehead atoms. The van der Waals surface area contributed by atoms with Crippen molar-refractivity contribution in [2.75, 3.05) is 0 Å². The number of halogens is 1. The fraction of sp³-hybridized carbons (Fsp3) is 0.333. The van der Waals surface area contributed by atoms with Crippen molar-refractivity contribution in [2.24, 2.45) is 0 Å². The number of benzene rings is 1. The maximum Gasteiger partial charge on any atom is 0.195 e. The average Bonchev–Trinajstić information content (AvgIpc) is 2.62. The Balaban J connectivity index is 2.47. The summed E-state index contributed by atoms with van der Waals surface area (Å²) < 4.78 is 15.9. The fourth-order valence-corrected chi connectivity index (χ4v) is 2.19. The summed E-state index contributed by atoms with van der Waals surface area (Å²) in [4.78, 5) is 0. The van der Waals surface area contributed by atoms with Gasteiger partial charge in [-0.3, -0.25) is 9.67 Å². The summed E-state index contributed by atoms with van der Waals surface area (Å²) in [6.07, 6.45) is 0. The van der Waals surface area contributed by atoms with Gasteiger partial charge in [0, 0.05) is 0 Å². The third-order valence-electron chi connectivity index (χ3n) is 2.95. The molecule has 0 aliphatic rings. The van der Waals surface area contributed by atoms with Crippen LogP contribution < -0.4 is 0 Å². The molecule has 0 saturated carbocycles. The van der Waals surface area contributed by atoms with Crippen molar-refractivity contribution in [1.82, 2.24) is 14.8 Å². The number of rotatable bonds is 2. The van der Waals surface area contributed by atoms with Crippen LogP contribution in [0.1, 0.15) is 29.9 Å². The molecule has 0 amide bonds. The molecular formula is C12H14FN3S. The van der Waals surface area contributed by atoms with Crippen molar-refractivity contribution in [3.8, 4) is 0 Å². The third kappa shape index (κ3) is 2.15. The van der Waals surface area contributed by atoms with E-state index in [1.807, 2.05) is 24.5 Å². The molecule has 0 aliphatic carbocycles. The van der Waals surface area contributed by atoms with Gasteiger partial charge in [-0.05, 0) is 50.2 Å². The lowest BCUT2D eigenvalue weighted by Gasteiger charge is -2.15. The Morgan fingerprint density at radius 2 is 2.12 bits per heavy atom. The van der Waals surface area contributed by atoms with Crippen LogP contribution in [0.15, 0.2) is 18.2 Å². The number of nitrogens with one attached hydrogen (secondary N) is 1. The van der Waals surface area contributed by atoms with Crippen molar-refractivity contribution < 1.29 is 4.39 Å². The smallest absolute Gasteiger partial charge is 0.195 e. The summed E-state index contributed by atoms with van der Waals surface area (Å²) in [5.41, 5.74) is 1.53. The molecule has 1 atom stereocenters. The highest BCUT2D eigenvalue weighted by molar-refractivity contribution is 7.71. The van der Waals surface area contributed by atoms with E-state index in [-0.39, 0.29) is 11.9 Å². The molecule has 17 heavy (non-hydrogen) atoms. The number of aromatic nitrogens is 3. The van der Waals surface area contributed by atoms with Gasteiger partial charge in [-0.2, -0.15) is 5.10 Å². The minimum Gasteiger partial charge on any atom is -0.297 e. The summed E-state index contributed by atoms with van der Waals surface area (Å²) >= 11 is 5.16. The minimum atomic E-state index is -0.193. The first kappa shape index (κ1) is 12.0. The molecule has 1 unspecified atom stereocenters. The lowest BCUT2D eigenvalue weighted by molar-refractivity contribution is 0.586. The minimum absolute atomic E-state index is 0.0312. The maximum atomic E-state index is 13.5. The highest BCUT2D eigenvalue weighted by atomic mass is 32.1. The quantitative estimate of drug-likeness (QED) is 0.831. The van der Waals surface area contributed by atoms with Crippen LogP contribution in [0.3, 0.4) is 0 Å². The first-order valence-electron chi connectivity index (χ1n) is 5.40. The molecule has 0 radical (unpaired) electrons. The molecule has 0 fully saturated rings.